The Morgan fingerprint density at radius 1 is 0.226 bits per heavy atom. The van der Waals surface area contributed by atoms with Crippen LogP contribution in [0.15, 0.2) is 219 Å². The summed E-state index contributed by atoms with van der Waals surface area (Å²) >= 11 is 0. The van der Waals surface area contributed by atoms with E-state index in [0.717, 1.165) is 99.3 Å². The number of benzene rings is 8. The molecule has 0 radical (unpaired) electrons. The second kappa shape index (κ2) is 14.7. The van der Waals surface area contributed by atoms with E-state index in [9.17, 15) is 0 Å². The molecule has 8 aromatic carbocycles. The molecule has 0 spiro atoms. The van der Waals surface area contributed by atoms with Gasteiger partial charge in [0.1, 0.15) is 0 Å². The van der Waals surface area contributed by atoms with E-state index in [-0.39, 0.29) is 0 Å². The van der Waals surface area contributed by atoms with Crippen molar-refractivity contribution in [2.24, 2.45) is 0 Å². The molecule has 0 N–H and O–H groups in total. The molecule has 0 fully saturated rings. The number of rotatable bonds is 6. The molecule has 0 amide bonds. The molecule has 4 nitrogen and oxygen atoms in total. The fourth-order valence-electron chi connectivity index (χ4n) is 8.73. The zero-order valence-corrected chi connectivity index (χ0v) is 33.6. The maximum Gasteiger partial charge on any atom is 0.0972 e. The first-order valence-electron chi connectivity index (χ1n) is 20.9. The van der Waals surface area contributed by atoms with Crippen molar-refractivity contribution in [1.82, 2.24) is 19.9 Å². The topological polar surface area (TPSA) is 51.6 Å². The van der Waals surface area contributed by atoms with Crippen LogP contribution in [-0.4, -0.2) is 19.9 Å². The number of nitrogens with zero attached hydrogens (tertiary/aromatic N) is 4. The highest BCUT2D eigenvalue weighted by Crippen LogP contribution is 2.35. The Kier molecular flexibility index (Phi) is 8.46. The van der Waals surface area contributed by atoms with Crippen LogP contribution in [0.4, 0.5) is 0 Å². The van der Waals surface area contributed by atoms with E-state index in [1.54, 1.807) is 0 Å². The van der Waals surface area contributed by atoms with Gasteiger partial charge in [-0.15, -0.1) is 0 Å². The lowest BCUT2D eigenvalue weighted by Gasteiger charge is -2.12. The number of hydrogen-bond acceptors (Lipinski definition) is 4. The third kappa shape index (κ3) is 6.51. The van der Waals surface area contributed by atoms with E-state index in [2.05, 4.69) is 211 Å². The van der Waals surface area contributed by atoms with Gasteiger partial charge in [-0.3, -0.25) is 4.98 Å². The number of hydrogen-bond donors (Lipinski definition) is 0. The van der Waals surface area contributed by atoms with Crippen molar-refractivity contribution < 1.29 is 0 Å². The Morgan fingerprint density at radius 2 is 0.661 bits per heavy atom. The van der Waals surface area contributed by atoms with Crippen LogP contribution in [-0.2, 0) is 0 Å². The summed E-state index contributed by atoms with van der Waals surface area (Å²) in [6, 6.07) is 75.2. The average Bonchev–Trinajstić information content (AvgIpc) is 3.35. The minimum Gasteiger partial charge on any atom is -0.254 e. The molecule has 0 bridgehead atoms. The van der Waals surface area contributed by atoms with E-state index >= 15 is 0 Å². The van der Waals surface area contributed by atoms with Gasteiger partial charge in [0.25, 0.3) is 0 Å². The first kappa shape index (κ1) is 35.6. The van der Waals surface area contributed by atoms with E-state index in [4.69, 9.17) is 15.0 Å². The number of pyridine rings is 4. The van der Waals surface area contributed by atoms with Crippen LogP contribution in [0.5, 0.6) is 0 Å². The maximum atomic E-state index is 5.27. The van der Waals surface area contributed by atoms with Crippen molar-refractivity contribution in [3.63, 3.8) is 0 Å². The van der Waals surface area contributed by atoms with Crippen LogP contribution in [0, 0.1) is 0 Å². The summed E-state index contributed by atoms with van der Waals surface area (Å²) in [4.78, 5) is 20.2. The van der Waals surface area contributed by atoms with Gasteiger partial charge < -0.3 is 0 Å². The van der Waals surface area contributed by atoms with E-state index in [0.29, 0.717) is 0 Å². The zero-order chi connectivity index (χ0) is 41.0. The van der Waals surface area contributed by atoms with Crippen LogP contribution in [0.2, 0.25) is 0 Å². The van der Waals surface area contributed by atoms with Gasteiger partial charge in [-0.05, 0) is 111 Å². The predicted molar refractivity (Wildman–Crippen MR) is 258 cm³/mol. The first-order valence-corrected chi connectivity index (χ1v) is 20.9. The summed E-state index contributed by atoms with van der Waals surface area (Å²) in [5.74, 6) is 0. The minimum atomic E-state index is 0.923. The highest BCUT2D eigenvalue weighted by molar-refractivity contribution is 6.03. The summed E-state index contributed by atoms with van der Waals surface area (Å²) in [6.07, 6.45) is 1.83. The normalized spacial score (nSPS) is 11.5. The summed E-state index contributed by atoms with van der Waals surface area (Å²) in [5, 5.41) is 6.69. The lowest BCUT2D eigenvalue weighted by molar-refractivity contribution is 1.37. The molecule has 0 aliphatic heterocycles. The van der Waals surface area contributed by atoms with Gasteiger partial charge in [0.05, 0.1) is 39.1 Å². The number of aromatic nitrogens is 4. The van der Waals surface area contributed by atoms with Crippen molar-refractivity contribution in [2.45, 2.75) is 0 Å². The Labute approximate surface area is 358 Å². The van der Waals surface area contributed by atoms with E-state index < -0.39 is 0 Å². The summed E-state index contributed by atoms with van der Waals surface area (Å²) in [5.41, 5.74) is 16.7. The van der Waals surface area contributed by atoms with Gasteiger partial charge in [-0.25, -0.2) is 15.0 Å². The second-order valence-electron chi connectivity index (χ2n) is 15.9. The standard InChI is InChI=1S/C58H36N4/c1-3-8-37(9-4-1)49-32-50(38-10-5-2-6-11-38)34-51(33-49)54-27-24-40-14-18-46(36-56(40)61-54)45-17-13-39-23-26-52(60-55(39)35-45)47-21-19-44-31-48(22-20-43(44)30-47)53-28-25-42-16-15-41-12-7-29-59-57(41)58(42)62-53/h1-36H. The first-order chi connectivity index (χ1) is 30.6. The van der Waals surface area contributed by atoms with Crippen LogP contribution in [0.1, 0.15) is 0 Å². The molecule has 4 aromatic heterocycles. The van der Waals surface area contributed by atoms with Gasteiger partial charge >= 0.3 is 0 Å². The molecular weight excluding hydrogens is 753 g/mol. The van der Waals surface area contributed by atoms with E-state index in [1.165, 1.54) is 22.3 Å². The van der Waals surface area contributed by atoms with Crippen molar-refractivity contribution in [1.29, 1.82) is 0 Å². The fraction of sp³-hybridized carbons (Fsp3) is 0. The molecule has 288 valence electrons. The SMILES string of the molecule is c1ccc(-c2cc(-c3ccccc3)cc(-c3ccc4ccc(-c5ccc6ccc(-c7ccc8cc(-c9ccc%10ccc%11cccnc%11c%10n9)ccc8c7)nc6c5)cc4n3)c2)cc1. The van der Waals surface area contributed by atoms with Crippen molar-refractivity contribution in [3.8, 4) is 67.2 Å². The molecular formula is C58H36N4. The highest BCUT2D eigenvalue weighted by atomic mass is 14.8. The van der Waals surface area contributed by atoms with Crippen LogP contribution >= 0.6 is 0 Å². The molecule has 4 heteroatoms. The Balaban J connectivity index is 0.862. The van der Waals surface area contributed by atoms with Gasteiger partial charge in [-0.1, -0.05) is 146 Å². The molecule has 0 aliphatic rings. The fourth-order valence-corrected chi connectivity index (χ4v) is 8.73. The lowest BCUT2D eigenvalue weighted by Crippen LogP contribution is -1.90. The van der Waals surface area contributed by atoms with Crippen LogP contribution in [0.3, 0.4) is 0 Å². The quantitative estimate of drug-likeness (QED) is 0.158. The largest absolute Gasteiger partial charge is 0.254 e. The molecule has 0 unspecified atom stereocenters. The molecule has 0 aliphatic carbocycles. The van der Waals surface area contributed by atoms with Crippen LogP contribution < -0.4 is 0 Å². The Bertz CT molecular complexity index is 3630. The molecule has 12 rings (SSSR count). The Morgan fingerprint density at radius 3 is 1.24 bits per heavy atom. The van der Waals surface area contributed by atoms with Gasteiger partial charge in [-0.2, -0.15) is 0 Å². The monoisotopic (exact) mass is 788 g/mol. The van der Waals surface area contributed by atoms with Gasteiger partial charge in [0.15, 0.2) is 0 Å². The van der Waals surface area contributed by atoms with Crippen molar-refractivity contribution >= 4 is 54.4 Å². The van der Waals surface area contributed by atoms with Crippen LogP contribution in [0.25, 0.3) is 122 Å². The number of fused-ring (bicyclic) bond motifs is 6. The lowest BCUT2D eigenvalue weighted by atomic mass is 9.94. The van der Waals surface area contributed by atoms with Crippen molar-refractivity contribution in [2.75, 3.05) is 0 Å². The zero-order valence-electron chi connectivity index (χ0n) is 33.6. The van der Waals surface area contributed by atoms with Gasteiger partial charge in [0.2, 0.25) is 0 Å². The molecule has 0 atom stereocenters. The van der Waals surface area contributed by atoms with Gasteiger partial charge in [0, 0.05) is 44.4 Å². The Hall–Kier alpha value is -8.34. The van der Waals surface area contributed by atoms with E-state index in [1.807, 2.05) is 12.3 Å². The average molecular weight is 789 g/mol. The summed E-state index contributed by atoms with van der Waals surface area (Å²) in [6.45, 7) is 0. The minimum absolute atomic E-state index is 0.923. The summed E-state index contributed by atoms with van der Waals surface area (Å²) in [7, 11) is 0. The third-order valence-electron chi connectivity index (χ3n) is 12.0. The van der Waals surface area contributed by atoms with Crippen molar-refractivity contribution in [3.05, 3.63) is 219 Å². The molecule has 4 heterocycles. The maximum absolute atomic E-state index is 5.27. The third-order valence-corrected chi connectivity index (χ3v) is 12.0. The molecule has 0 saturated carbocycles. The molecule has 12 aromatic rings. The molecule has 0 saturated heterocycles. The highest BCUT2D eigenvalue weighted by Gasteiger charge is 2.12. The molecule has 62 heavy (non-hydrogen) atoms. The predicted octanol–water partition coefficient (Wildman–Crippen LogP) is 15.0. The second-order valence-corrected chi connectivity index (χ2v) is 15.9. The smallest absolute Gasteiger partial charge is 0.0972 e. The summed E-state index contributed by atoms with van der Waals surface area (Å²) < 4.78 is 0.